The molecule has 0 heterocycles. The van der Waals surface area contributed by atoms with Crippen LogP contribution in [0.3, 0.4) is 0 Å². The molecule has 7 nitrogen and oxygen atoms in total. The van der Waals surface area contributed by atoms with Crippen molar-refractivity contribution in [3.63, 3.8) is 0 Å². The van der Waals surface area contributed by atoms with Gasteiger partial charge in [0.2, 0.25) is 0 Å². The third-order valence-electron chi connectivity index (χ3n) is 4.20. The van der Waals surface area contributed by atoms with E-state index in [0.717, 1.165) is 30.5 Å². The quantitative estimate of drug-likeness (QED) is 0.451. The van der Waals surface area contributed by atoms with Crippen molar-refractivity contribution in [1.29, 1.82) is 0 Å². The average molecular weight is 450 g/mol. The molecule has 0 saturated carbocycles. The highest BCUT2D eigenvalue weighted by Gasteiger charge is 2.19. The minimum absolute atomic E-state index is 0.0111. The number of aryl methyl sites for hydroxylation is 1. The number of aromatic carboxylic acids is 1. The molecule has 0 spiro atoms. The minimum atomic E-state index is -3.96. The Hall–Kier alpha value is -2.71. The van der Waals surface area contributed by atoms with Gasteiger partial charge in [0.25, 0.3) is 0 Å². The van der Waals surface area contributed by atoms with E-state index in [1.807, 2.05) is 45.0 Å². The van der Waals surface area contributed by atoms with Crippen LogP contribution in [0.15, 0.2) is 53.4 Å². The molecular weight excluding hydrogens is 418 g/mol. The lowest BCUT2D eigenvalue weighted by atomic mass is 10.1. The summed E-state index contributed by atoms with van der Waals surface area (Å²) in [6, 6.07) is 13.1. The Kier molecular flexibility index (Phi) is 10.9. The molecule has 0 saturated heterocycles. The third-order valence-corrected chi connectivity index (χ3v) is 5.45. The first-order valence-electron chi connectivity index (χ1n) is 10.1. The third kappa shape index (κ3) is 10.2. The van der Waals surface area contributed by atoms with E-state index in [2.05, 4.69) is 4.18 Å². The first kappa shape index (κ1) is 26.3. The highest BCUT2D eigenvalue weighted by molar-refractivity contribution is 7.87. The van der Waals surface area contributed by atoms with Gasteiger partial charge in [0, 0.05) is 13.0 Å². The Labute approximate surface area is 184 Å². The van der Waals surface area contributed by atoms with E-state index in [1.54, 1.807) is 24.3 Å². The number of nitrogens with zero attached hydrogens (tertiary/aromatic N) is 1. The summed E-state index contributed by atoms with van der Waals surface area (Å²) in [5.74, 6) is -1.57. The van der Waals surface area contributed by atoms with Gasteiger partial charge in [-0.25, -0.2) is 4.79 Å². The van der Waals surface area contributed by atoms with Gasteiger partial charge < -0.3 is 14.2 Å². The Morgan fingerprint density at radius 3 is 2.03 bits per heavy atom. The van der Waals surface area contributed by atoms with E-state index in [4.69, 9.17) is 5.11 Å². The second-order valence-electron chi connectivity index (χ2n) is 7.42. The molecule has 1 N–H and O–H groups in total. The molecule has 2 aromatic carbocycles. The maximum Gasteiger partial charge on any atom is 0.341 e. The standard InChI is InChI=1S/C13H18O4S.C10H13NO2/c1-3-4-5-6-13(14)17-18(15,16)12-9-7-11(2)8-10-12;1-11(2)7-8-3-5-9(6-4-8)10(12)13/h7-10H,3-6H2,1-2H3;3-6H,7H2,1-2H3,(H,12,13). The lowest BCUT2D eigenvalue weighted by Gasteiger charge is -2.09. The molecule has 0 amide bonds. The van der Waals surface area contributed by atoms with E-state index in [-0.39, 0.29) is 11.3 Å². The van der Waals surface area contributed by atoms with Gasteiger partial charge in [-0.1, -0.05) is 49.6 Å². The number of hydrogen-bond donors (Lipinski definition) is 1. The van der Waals surface area contributed by atoms with Crippen molar-refractivity contribution in [3.05, 3.63) is 65.2 Å². The molecule has 8 heteroatoms. The Morgan fingerprint density at radius 1 is 0.968 bits per heavy atom. The second-order valence-corrected chi connectivity index (χ2v) is 8.97. The average Bonchev–Trinajstić information content (AvgIpc) is 2.68. The van der Waals surface area contributed by atoms with Crippen LogP contribution in [-0.2, 0) is 25.6 Å². The van der Waals surface area contributed by atoms with E-state index >= 15 is 0 Å². The van der Waals surface area contributed by atoms with Crippen molar-refractivity contribution in [3.8, 4) is 0 Å². The van der Waals surface area contributed by atoms with Crippen LogP contribution in [-0.4, -0.2) is 44.5 Å². The Balaban J connectivity index is 0.000000327. The van der Waals surface area contributed by atoms with Crippen LogP contribution in [0.4, 0.5) is 0 Å². The predicted octanol–water partition coefficient (Wildman–Crippen LogP) is 4.25. The summed E-state index contributed by atoms with van der Waals surface area (Å²) in [5.41, 5.74) is 2.40. The number of hydrogen-bond acceptors (Lipinski definition) is 6. The summed E-state index contributed by atoms with van der Waals surface area (Å²) in [4.78, 5) is 23.9. The Morgan fingerprint density at radius 2 is 1.55 bits per heavy atom. The molecule has 2 rings (SSSR count). The van der Waals surface area contributed by atoms with Crippen LogP contribution in [0.2, 0.25) is 0 Å². The summed E-state index contributed by atoms with van der Waals surface area (Å²) in [6.45, 7) is 4.70. The molecule has 0 fully saturated rings. The van der Waals surface area contributed by atoms with Crippen LogP contribution >= 0.6 is 0 Å². The van der Waals surface area contributed by atoms with Crippen molar-refractivity contribution in [2.45, 2.75) is 51.0 Å². The SMILES string of the molecule is CCCCCC(=O)OS(=O)(=O)c1ccc(C)cc1.CN(C)Cc1ccc(C(=O)O)cc1. The van der Waals surface area contributed by atoms with E-state index in [0.29, 0.717) is 12.0 Å². The molecule has 0 aromatic heterocycles. The van der Waals surface area contributed by atoms with Crippen molar-refractivity contribution in [2.24, 2.45) is 0 Å². The highest BCUT2D eigenvalue weighted by atomic mass is 32.2. The molecule has 31 heavy (non-hydrogen) atoms. The van der Waals surface area contributed by atoms with Crippen molar-refractivity contribution >= 4 is 22.1 Å². The zero-order chi connectivity index (χ0) is 23.4. The van der Waals surface area contributed by atoms with Gasteiger partial charge in [0.15, 0.2) is 0 Å². The van der Waals surface area contributed by atoms with Gasteiger partial charge in [-0.2, -0.15) is 8.42 Å². The molecule has 0 radical (unpaired) electrons. The molecule has 170 valence electrons. The molecular formula is C23H31NO6S. The van der Waals surface area contributed by atoms with Crippen LogP contribution in [0, 0.1) is 6.92 Å². The summed E-state index contributed by atoms with van der Waals surface area (Å²) in [6.07, 6.45) is 2.65. The van der Waals surface area contributed by atoms with Crippen molar-refractivity contribution in [2.75, 3.05) is 14.1 Å². The summed E-state index contributed by atoms with van der Waals surface area (Å²) >= 11 is 0. The summed E-state index contributed by atoms with van der Waals surface area (Å²) < 4.78 is 28.0. The fourth-order valence-electron chi connectivity index (χ4n) is 2.55. The van der Waals surface area contributed by atoms with Gasteiger partial charge in [0.1, 0.15) is 4.90 Å². The van der Waals surface area contributed by atoms with Crippen LogP contribution < -0.4 is 0 Å². The van der Waals surface area contributed by atoms with Crippen molar-refractivity contribution < 1.29 is 27.3 Å². The summed E-state index contributed by atoms with van der Waals surface area (Å²) in [7, 11) is -0.00837. The lowest BCUT2D eigenvalue weighted by molar-refractivity contribution is -0.133. The van der Waals surface area contributed by atoms with Gasteiger partial charge in [-0.3, -0.25) is 4.79 Å². The fourth-order valence-corrected chi connectivity index (χ4v) is 3.45. The monoisotopic (exact) mass is 449 g/mol. The predicted molar refractivity (Wildman–Crippen MR) is 119 cm³/mol. The fraction of sp³-hybridized carbons (Fsp3) is 0.391. The highest BCUT2D eigenvalue weighted by Crippen LogP contribution is 2.14. The first-order chi connectivity index (χ1) is 14.5. The zero-order valence-electron chi connectivity index (χ0n) is 18.5. The molecule has 0 aliphatic heterocycles. The molecule has 0 bridgehead atoms. The van der Waals surface area contributed by atoms with E-state index in [9.17, 15) is 18.0 Å². The molecule has 0 atom stereocenters. The van der Waals surface area contributed by atoms with Gasteiger partial charge in [-0.15, -0.1) is 0 Å². The van der Waals surface area contributed by atoms with Crippen LogP contribution in [0.1, 0.15) is 54.1 Å². The Bertz CT molecular complexity index is 935. The number of unbranched alkanes of at least 4 members (excludes halogenated alkanes) is 2. The summed E-state index contributed by atoms with van der Waals surface area (Å²) in [5, 5.41) is 8.65. The topological polar surface area (TPSA) is 101 Å². The molecule has 0 unspecified atom stereocenters. The normalized spacial score (nSPS) is 10.9. The maximum absolute atomic E-state index is 11.7. The largest absolute Gasteiger partial charge is 0.478 e. The number of benzene rings is 2. The van der Waals surface area contributed by atoms with Gasteiger partial charge in [-0.05, 0) is 57.3 Å². The number of carbonyl (C=O) groups is 2. The number of carboxylic acids is 1. The van der Waals surface area contributed by atoms with Gasteiger partial charge >= 0.3 is 22.1 Å². The van der Waals surface area contributed by atoms with Crippen molar-refractivity contribution in [1.82, 2.24) is 4.90 Å². The smallest absolute Gasteiger partial charge is 0.341 e. The van der Waals surface area contributed by atoms with E-state index < -0.39 is 22.1 Å². The second kappa shape index (κ2) is 12.9. The lowest BCUT2D eigenvalue weighted by Crippen LogP contribution is -2.13. The van der Waals surface area contributed by atoms with Crippen LogP contribution in [0.5, 0.6) is 0 Å². The first-order valence-corrected chi connectivity index (χ1v) is 11.5. The maximum atomic E-state index is 11.7. The van der Waals surface area contributed by atoms with Gasteiger partial charge in [0.05, 0.1) is 5.56 Å². The van der Waals surface area contributed by atoms with Crippen LogP contribution in [0.25, 0.3) is 0 Å². The molecule has 0 aliphatic rings. The zero-order valence-corrected chi connectivity index (χ0v) is 19.3. The number of carbonyl (C=O) groups excluding carboxylic acids is 1. The van der Waals surface area contributed by atoms with E-state index in [1.165, 1.54) is 12.1 Å². The minimum Gasteiger partial charge on any atom is -0.478 e. The molecule has 2 aromatic rings. The number of carboxylic acid groups (broad SMARTS) is 1. The molecule has 0 aliphatic carbocycles. The number of rotatable bonds is 9.